The van der Waals surface area contributed by atoms with Crippen LogP contribution >= 0.6 is 11.6 Å². The van der Waals surface area contributed by atoms with E-state index < -0.39 is 11.8 Å². The zero-order valence-corrected chi connectivity index (χ0v) is 17.7. The maximum absolute atomic E-state index is 11.9. The Morgan fingerprint density at radius 3 is 2.50 bits per heavy atom. The van der Waals surface area contributed by atoms with Gasteiger partial charge in [-0.3, -0.25) is 9.59 Å². The molecular formula is C22H26ClN3O4. The molecule has 0 radical (unpaired) electrons. The van der Waals surface area contributed by atoms with E-state index in [-0.39, 0.29) is 13.2 Å². The second-order valence-corrected chi connectivity index (χ2v) is 6.79. The van der Waals surface area contributed by atoms with Crippen molar-refractivity contribution in [2.24, 2.45) is 5.10 Å². The number of carbonyl (C=O) groups is 2. The fraction of sp³-hybridized carbons (Fsp3) is 0.318. The van der Waals surface area contributed by atoms with E-state index in [0.717, 1.165) is 24.8 Å². The number of amides is 2. The molecular weight excluding hydrogens is 406 g/mol. The van der Waals surface area contributed by atoms with Crippen LogP contribution in [0.1, 0.15) is 31.7 Å². The minimum absolute atomic E-state index is 0.225. The monoisotopic (exact) mass is 431 g/mol. The minimum Gasteiger partial charge on any atom is -0.493 e. The highest BCUT2D eigenvalue weighted by Gasteiger charge is 2.07. The van der Waals surface area contributed by atoms with Gasteiger partial charge in [0.25, 0.3) is 11.8 Å². The average Bonchev–Trinajstić information content (AvgIpc) is 2.75. The lowest BCUT2D eigenvalue weighted by Gasteiger charge is -2.09. The number of hydrogen-bond acceptors (Lipinski definition) is 5. The van der Waals surface area contributed by atoms with Crippen molar-refractivity contribution in [3.05, 3.63) is 59.1 Å². The van der Waals surface area contributed by atoms with Crippen LogP contribution in [-0.2, 0) is 9.59 Å². The van der Waals surface area contributed by atoms with E-state index in [2.05, 4.69) is 22.8 Å². The van der Waals surface area contributed by atoms with Crippen LogP contribution in [0.25, 0.3) is 0 Å². The number of carbonyl (C=O) groups excluding carboxylic acids is 2. The predicted octanol–water partition coefficient (Wildman–Crippen LogP) is 3.55. The lowest BCUT2D eigenvalue weighted by Crippen LogP contribution is -2.37. The van der Waals surface area contributed by atoms with Crippen LogP contribution in [0.5, 0.6) is 11.5 Å². The van der Waals surface area contributed by atoms with Crippen molar-refractivity contribution in [2.45, 2.75) is 26.2 Å². The first kappa shape index (κ1) is 23.2. The number of hydrazone groups is 1. The molecule has 2 aromatic carbocycles. The molecule has 0 spiro atoms. The molecule has 0 bridgehead atoms. The zero-order chi connectivity index (χ0) is 21.6. The van der Waals surface area contributed by atoms with E-state index in [4.69, 9.17) is 21.1 Å². The summed E-state index contributed by atoms with van der Waals surface area (Å²) >= 11 is 5.95. The van der Waals surface area contributed by atoms with Gasteiger partial charge in [-0.05, 0) is 30.7 Å². The SMILES string of the molecule is CCCCCOc1ccccc1C=NNC(=O)CNC(=O)COc1ccccc1Cl. The van der Waals surface area contributed by atoms with Crippen LogP contribution in [0.15, 0.2) is 53.6 Å². The Kier molecular flexibility index (Phi) is 10.2. The smallest absolute Gasteiger partial charge is 0.259 e. The maximum atomic E-state index is 11.9. The molecule has 8 heteroatoms. The van der Waals surface area contributed by atoms with Gasteiger partial charge < -0.3 is 14.8 Å². The van der Waals surface area contributed by atoms with Gasteiger partial charge in [-0.15, -0.1) is 0 Å². The third kappa shape index (κ3) is 8.53. The van der Waals surface area contributed by atoms with E-state index in [9.17, 15) is 9.59 Å². The number of ether oxygens (including phenoxy) is 2. The van der Waals surface area contributed by atoms with Crippen LogP contribution in [-0.4, -0.2) is 37.8 Å². The fourth-order valence-electron chi connectivity index (χ4n) is 2.40. The summed E-state index contributed by atoms with van der Waals surface area (Å²) < 4.78 is 11.1. The van der Waals surface area contributed by atoms with Gasteiger partial charge in [0.15, 0.2) is 6.61 Å². The van der Waals surface area contributed by atoms with E-state index in [1.165, 1.54) is 6.21 Å². The molecule has 0 saturated heterocycles. The Morgan fingerprint density at radius 2 is 1.73 bits per heavy atom. The minimum atomic E-state index is -0.460. The number of nitrogens with zero attached hydrogens (tertiary/aromatic N) is 1. The highest BCUT2D eigenvalue weighted by Crippen LogP contribution is 2.22. The Balaban J connectivity index is 1.72. The van der Waals surface area contributed by atoms with Crippen LogP contribution < -0.4 is 20.2 Å². The van der Waals surface area contributed by atoms with Crippen molar-refractivity contribution >= 4 is 29.6 Å². The molecule has 2 amide bonds. The van der Waals surface area contributed by atoms with Crippen molar-refractivity contribution < 1.29 is 19.1 Å². The summed E-state index contributed by atoms with van der Waals surface area (Å²) in [5.74, 6) is 0.203. The topological polar surface area (TPSA) is 89.0 Å². The quantitative estimate of drug-likeness (QED) is 0.305. The van der Waals surface area contributed by atoms with E-state index >= 15 is 0 Å². The van der Waals surface area contributed by atoms with Gasteiger partial charge in [-0.1, -0.05) is 55.6 Å². The molecule has 160 valence electrons. The first-order valence-electron chi connectivity index (χ1n) is 9.78. The molecule has 0 aliphatic rings. The van der Waals surface area contributed by atoms with Crippen molar-refractivity contribution in [3.63, 3.8) is 0 Å². The second-order valence-electron chi connectivity index (χ2n) is 6.38. The molecule has 0 aliphatic carbocycles. The summed E-state index contributed by atoms with van der Waals surface area (Å²) in [6.45, 7) is 2.30. The van der Waals surface area contributed by atoms with Crippen molar-refractivity contribution in [1.82, 2.24) is 10.7 Å². The number of halogens is 1. The van der Waals surface area contributed by atoms with Crippen LogP contribution in [0.4, 0.5) is 0 Å². The predicted molar refractivity (Wildman–Crippen MR) is 117 cm³/mol. The van der Waals surface area contributed by atoms with Crippen molar-refractivity contribution in [2.75, 3.05) is 19.8 Å². The van der Waals surface area contributed by atoms with Gasteiger partial charge in [-0.2, -0.15) is 5.10 Å². The molecule has 0 fully saturated rings. The number of unbranched alkanes of at least 4 members (excludes halogenated alkanes) is 2. The molecule has 2 N–H and O–H groups in total. The molecule has 30 heavy (non-hydrogen) atoms. The molecule has 0 unspecified atom stereocenters. The molecule has 0 aromatic heterocycles. The Bertz CT molecular complexity index is 858. The molecule has 2 aromatic rings. The Morgan fingerprint density at radius 1 is 1.00 bits per heavy atom. The van der Waals surface area contributed by atoms with Gasteiger partial charge >= 0.3 is 0 Å². The van der Waals surface area contributed by atoms with Gasteiger partial charge in [0, 0.05) is 5.56 Å². The zero-order valence-electron chi connectivity index (χ0n) is 16.9. The maximum Gasteiger partial charge on any atom is 0.259 e. The molecule has 2 rings (SSSR count). The van der Waals surface area contributed by atoms with E-state index in [1.54, 1.807) is 24.3 Å². The Labute approximate surface area is 181 Å². The summed E-state index contributed by atoms with van der Waals surface area (Å²) in [5.41, 5.74) is 3.13. The van der Waals surface area contributed by atoms with Gasteiger partial charge in [-0.25, -0.2) is 5.43 Å². The highest BCUT2D eigenvalue weighted by molar-refractivity contribution is 6.32. The van der Waals surface area contributed by atoms with Crippen molar-refractivity contribution in [1.29, 1.82) is 0 Å². The third-order valence-corrected chi connectivity index (χ3v) is 4.27. The summed E-state index contributed by atoms with van der Waals surface area (Å²) in [6.07, 6.45) is 4.73. The molecule has 7 nitrogen and oxygen atoms in total. The number of nitrogens with one attached hydrogen (secondary N) is 2. The molecule has 0 aliphatic heterocycles. The largest absolute Gasteiger partial charge is 0.493 e. The number of benzene rings is 2. The highest BCUT2D eigenvalue weighted by atomic mass is 35.5. The van der Waals surface area contributed by atoms with Crippen LogP contribution in [0.2, 0.25) is 5.02 Å². The normalized spacial score (nSPS) is 10.6. The summed E-state index contributed by atoms with van der Waals surface area (Å²) in [6, 6.07) is 14.3. The second kappa shape index (κ2) is 13.2. The summed E-state index contributed by atoms with van der Waals surface area (Å²) in [5, 5.41) is 6.79. The summed E-state index contributed by atoms with van der Waals surface area (Å²) in [4.78, 5) is 23.7. The third-order valence-electron chi connectivity index (χ3n) is 3.96. The van der Waals surface area contributed by atoms with Crippen molar-refractivity contribution in [3.8, 4) is 11.5 Å². The number of para-hydroxylation sites is 2. The van der Waals surface area contributed by atoms with Gasteiger partial charge in [0.2, 0.25) is 0 Å². The lowest BCUT2D eigenvalue weighted by molar-refractivity contribution is -0.127. The first-order chi connectivity index (χ1) is 14.6. The Hall–Kier alpha value is -3.06. The molecule has 0 heterocycles. The number of hydrogen-bond donors (Lipinski definition) is 2. The van der Waals surface area contributed by atoms with Gasteiger partial charge in [0.05, 0.1) is 24.4 Å². The first-order valence-corrected chi connectivity index (χ1v) is 10.2. The standard InChI is InChI=1S/C22H26ClN3O4/c1-2-3-8-13-29-19-11-6-4-9-17(19)14-25-26-21(27)15-24-22(28)16-30-20-12-7-5-10-18(20)23/h4-7,9-12,14H,2-3,8,13,15-16H2,1H3,(H,24,28)(H,26,27). The van der Waals surface area contributed by atoms with Gasteiger partial charge in [0.1, 0.15) is 11.5 Å². The van der Waals surface area contributed by atoms with E-state index in [1.807, 2.05) is 24.3 Å². The average molecular weight is 432 g/mol. The van der Waals surface area contributed by atoms with Crippen LogP contribution in [0, 0.1) is 0 Å². The molecule has 0 saturated carbocycles. The number of rotatable bonds is 12. The molecule has 0 atom stereocenters. The van der Waals surface area contributed by atoms with Crippen LogP contribution in [0.3, 0.4) is 0 Å². The summed E-state index contributed by atoms with van der Waals surface area (Å²) in [7, 11) is 0. The fourth-order valence-corrected chi connectivity index (χ4v) is 2.59. The van der Waals surface area contributed by atoms with E-state index in [0.29, 0.717) is 23.1 Å². The lowest BCUT2D eigenvalue weighted by atomic mass is 10.2.